The van der Waals surface area contributed by atoms with E-state index in [-0.39, 0.29) is 12.5 Å². The van der Waals surface area contributed by atoms with E-state index in [9.17, 15) is 28.0 Å². The molecule has 2 aliphatic rings. The van der Waals surface area contributed by atoms with E-state index in [1.807, 2.05) is 6.07 Å². The summed E-state index contributed by atoms with van der Waals surface area (Å²) in [5.41, 5.74) is 1.22. The molecule has 2 fully saturated rings. The summed E-state index contributed by atoms with van der Waals surface area (Å²) in [6.45, 7) is 0. The maximum absolute atomic E-state index is 15.3. The molecule has 6 rings (SSSR count). The van der Waals surface area contributed by atoms with Gasteiger partial charge in [-0.25, -0.2) is 13.6 Å². The number of carbonyl (C=O) groups is 2. The summed E-state index contributed by atoms with van der Waals surface area (Å²) in [6.07, 6.45) is 0.0745. The number of fused-ring (bicyclic) bond motifs is 1. The highest BCUT2D eigenvalue weighted by atomic mass is 35.5. The van der Waals surface area contributed by atoms with E-state index in [1.165, 1.54) is 6.07 Å². The SMILES string of the molecule is N#Cc1ccc(-c2ccc(C[C@H](NC(=O)c3c(F)cc(NC(C4CC4)C(F)(F)F)cc3F)C(=O)OC3CCCC3)c3cccnc23)c(Cl)c1. The zero-order valence-corrected chi connectivity index (χ0v) is 26.7. The number of hydrogen-bond donors (Lipinski definition) is 2. The van der Waals surface area contributed by atoms with Crippen LogP contribution < -0.4 is 10.6 Å². The summed E-state index contributed by atoms with van der Waals surface area (Å²) in [4.78, 5) is 31.4. The van der Waals surface area contributed by atoms with Gasteiger partial charge in [0.25, 0.3) is 5.91 Å². The minimum atomic E-state index is -4.64. The van der Waals surface area contributed by atoms with Gasteiger partial charge in [-0.2, -0.15) is 18.4 Å². The Morgan fingerprint density at radius 1 is 1.00 bits per heavy atom. The molecule has 49 heavy (non-hydrogen) atoms. The van der Waals surface area contributed by atoms with Gasteiger partial charge in [0.1, 0.15) is 35.4 Å². The second-order valence-corrected chi connectivity index (χ2v) is 12.8. The maximum Gasteiger partial charge on any atom is 0.408 e. The summed E-state index contributed by atoms with van der Waals surface area (Å²) in [6, 6.07) is 11.7. The molecule has 0 bridgehead atoms. The Labute approximate surface area is 283 Å². The molecule has 2 aliphatic carbocycles. The third-order valence-electron chi connectivity index (χ3n) is 8.88. The van der Waals surface area contributed by atoms with Gasteiger partial charge >= 0.3 is 12.1 Å². The van der Waals surface area contributed by atoms with E-state index >= 15 is 8.78 Å². The number of halogens is 6. The minimum absolute atomic E-state index is 0.140. The van der Waals surface area contributed by atoms with E-state index < -0.39 is 58.9 Å². The number of esters is 1. The van der Waals surface area contributed by atoms with Crippen molar-refractivity contribution in [1.82, 2.24) is 10.3 Å². The van der Waals surface area contributed by atoms with E-state index in [2.05, 4.69) is 15.6 Å². The van der Waals surface area contributed by atoms with E-state index in [0.29, 0.717) is 76.0 Å². The van der Waals surface area contributed by atoms with Crippen LogP contribution in [-0.4, -0.2) is 41.2 Å². The molecule has 1 unspecified atom stereocenters. The quantitative estimate of drug-likeness (QED) is 0.128. The molecule has 3 aromatic carbocycles. The zero-order chi connectivity index (χ0) is 34.9. The van der Waals surface area contributed by atoms with Gasteiger partial charge in [-0.3, -0.25) is 9.78 Å². The Kier molecular flexibility index (Phi) is 9.75. The lowest BCUT2D eigenvalue weighted by Gasteiger charge is -2.23. The number of pyridine rings is 1. The standard InChI is InChI=1S/C36H30ClF5N4O3/c37-27-14-19(18-43)7-11-25(27)26-12-10-21(24-6-3-13-44-32(24)26)15-30(35(48)49-23-4-1-2-5-23)46-34(47)31-28(38)16-22(17-29(31)39)45-33(20-8-9-20)36(40,41)42/h3,6-7,10-14,16-17,20,23,30,33,45H,1-2,4-5,8-9,15H2,(H,46,47)/t30-,33?/m0/s1. The van der Waals surface area contributed by atoms with E-state index in [1.54, 1.807) is 42.6 Å². The number of nitrogens with one attached hydrogen (secondary N) is 2. The third-order valence-corrected chi connectivity index (χ3v) is 9.20. The second-order valence-electron chi connectivity index (χ2n) is 12.4. The zero-order valence-electron chi connectivity index (χ0n) is 25.9. The molecule has 1 amide bonds. The van der Waals surface area contributed by atoms with Crippen LogP contribution in [-0.2, 0) is 16.0 Å². The fourth-order valence-electron chi connectivity index (χ4n) is 6.28. The Morgan fingerprint density at radius 3 is 2.33 bits per heavy atom. The van der Waals surface area contributed by atoms with Crippen LogP contribution in [0, 0.1) is 28.9 Å². The molecule has 0 aliphatic heterocycles. The van der Waals surface area contributed by atoms with Crippen molar-refractivity contribution in [2.75, 3.05) is 5.32 Å². The van der Waals surface area contributed by atoms with Gasteiger partial charge in [-0.15, -0.1) is 0 Å². The predicted octanol–water partition coefficient (Wildman–Crippen LogP) is 8.28. The van der Waals surface area contributed by atoms with E-state index in [4.69, 9.17) is 16.3 Å². The molecule has 254 valence electrons. The predicted molar refractivity (Wildman–Crippen MR) is 173 cm³/mol. The van der Waals surface area contributed by atoms with Gasteiger partial charge in [-0.1, -0.05) is 35.9 Å². The summed E-state index contributed by atoms with van der Waals surface area (Å²) >= 11 is 6.50. The van der Waals surface area contributed by atoms with Crippen LogP contribution >= 0.6 is 11.6 Å². The van der Waals surface area contributed by atoms with Crippen molar-refractivity contribution < 1.29 is 36.3 Å². The van der Waals surface area contributed by atoms with Crippen molar-refractivity contribution in [3.63, 3.8) is 0 Å². The number of nitrogens with zero attached hydrogens (tertiary/aromatic N) is 2. The topological polar surface area (TPSA) is 104 Å². The number of nitriles is 1. The molecular formula is C36H30ClF5N4O3. The molecule has 7 nitrogen and oxygen atoms in total. The van der Waals surface area contributed by atoms with Crippen LogP contribution in [0.5, 0.6) is 0 Å². The number of ether oxygens (including phenoxy) is 1. The molecule has 2 atom stereocenters. The third kappa shape index (κ3) is 7.62. The smallest absolute Gasteiger partial charge is 0.408 e. The lowest BCUT2D eigenvalue weighted by atomic mass is 9.94. The number of aromatic nitrogens is 1. The first-order chi connectivity index (χ1) is 23.4. The number of benzene rings is 3. The van der Waals surface area contributed by atoms with Crippen molar-refractivity contribution >= 4 is 40.1 Å². The van der Waals surface area contributed by atoms with Crippen molar-refractivity contribution in [3.05, 3.63) is 94.1 Å². The van der Waals surface area contributed by atoms with Crippen molar-refractivity contribution in [1.29, 1.82) is 5.26 Å². The molecule has 13 heteroatoms. The van der Waals surface area contributed by atoms with Gasteiger partial charge in [0.05, 0.1) is 17.1 Å². The molecular weight excluding hydrogens is 667 g/mol. The van der Waals surface area contributed by atoms with Gasteiger partial charge in [0, 0.05) is 39.8 Å². The first kappa shape index (κ1) is 34.1. The Bertz CT molecular complexity index is 1930. The van der Waals surface area contributed by atoms with Crippen LogP contribution in [0.4, 0.5) is 27.6 Å². The van der Waals surface area contributed by atoms with Gasteiger partial charge in [-0.05, 0) is 80.3 Å². The summed E-state index contributed by atoms with van der Waals surface area (Å²) in [5, 5.41) is 14.8. The average Bonchev–Trinajstić information content (AvgIpc) is 3.77. The molecule has 0 spiro atoms. The molecule has 4 aromatic rings. The number of anilines is 1. The van der Waals surface area contributed by atoms with Crippen LogP contribution in [0.3, 0.4) is 0 Å². The number of amides is 1. The molecule has 2 N–H and O–H groups in total. The van der Waals surface area contributed by atoms with Gasteiger partial charge in [0.15, 0.2) is 0 Å². The highest BCUT2D eigenvalue weighted by Gasteiger charge is 2.49. The van der Waals surface area contributed by atoms with Crippen LogP contribution in [0.2, 0.25) is 5.02 Å². The van der Waals surface area contributed by atoms with Gasteiger partial charge < -0.3 is 15.4 Å². The Hall–Kier alpha value is -4.76. The first-order valence-electron chi connectivity index (χ1n) is 15.8. The summed E-state index contributed by atoms with van der Waals surface area (Å²) in [7, 11) is 0. The Balaban J connectivity index is 1.30. The molecule has 1 heterocycles. The summed E-state index contributed by atoms with van der Waals surface area (Å²) in [5.74, 6) is -5.56. The lowest BCUT2D eigenvalue weighted by Crippen LogP contribution is -2.45. The fourth-order valence-corrected chi connectivity index (χ4v) is 6.56. The fraction of sp³-hybridized carbons (Fsp3) is 0.333. The Morgan fingerprint density at radius 2 is 1.69 bits per heavy atom. The number of alkyl halides is 3. The highest BCUT2D eigenvalue weighted by molar-refractivity contribution is 6.33. The monoisotopic (exact) mass is 696 g/mol. The van der Waals surface area contributed by atoms with Crippen molar-refractivity contribution in [2.24, 2.45) is 5.92 Å². The molecule has 2 saturated carbocycles. The lowest BCUT2D eigenvalue weighted by molar-refractivity contribution is -0.151. The van der Waals surface area contributed by atoms with Crippen LogP contribution in [0.15, 0.2) is 60.8 Å². The number of hydrogen-bond acceptors (Lipinski definition) is 6. The van der Waals surface area contributed by atoms with Crippen LogP contribution in [0.1, 0.15) is 60.0 Å². The second kappa shape index (κ2) is 14.0. The maximum atomic E-state index is 15.3. The van der Waals surface area contributed by atoms with E-state index in [0.717, 1.165) is 12.8 Å². The first-order valence-corrected chi connectivity index (χ1v) is 16.2. The van der Waals surface area contributed by atoms with Crippen molar-refractivity contribution in [3.8, 4) is 17.2 Å². The summed E-state index contributed by atoms with van der Waals surface area (Å²) < 4.78 is 76.8. The highest BCUT2D eigenvalue weighted by Crippen LogP contribution is 2.42. The molecule has 0 saturated heterocycles. The molecule has 0 radical (unpaired) electrons. The average molecular weight is 697 g/mol. The number of carbonyl (C=O) groups excluding carboxylic acids is 2. The van der Waals surface area contributed by atoms with Gasteiger partial charge in [0.2, 0.25) is 0 Å². The van der Waals surface area contributed by atoms with Crippen LogP contribution in [0.25, 0.3) is 22.0 Å². The van der Waals surface area contributed by atoms with Crippen molar-refractivity contribution in [2.45, 2.75) is 69.3 Å². The minimum Gasteiger partial charge on any atom is -0.461 e. The number of rotatable bonds is 10. The molecule has 1 aromatic heterocycles. The normalized spacial score (nSPS) is 16.2. The largest absolute Gasteiger partial charge is 0.461 e.